The van der Waals surface area contributed by atoms with Crippen LogP contribution >= 0.6 is 0 Å². The third kappa shape index (κ3) is 3.72. The summed E-state index contributed by atoms with van der Waals surface area (Å²) in [7, 11) is 0. The van der Waals surface area contributed by atoms with Gasteiger partial charge in [0.2, 0.25) is 0 Å². The number of aromatic nitrogens is 2. The topological polar surface area (TPSA) is 46.1 Å². The van der Waals surface area contributed by atoms with Gasteiger partial charge in [-0.1, -0.05) is 24.3 Å². The van der Waals surface area contributed by atoms with Gasteiger partial charge in [-0.15, -0.1) is 0 Å². The number of likely N-dealkylation sites (tertiary alicyclic amines) is 1. The molecule has 3 heterocycles. The number of halogens is 1. The molecule has 1 fully saturated rings. The molecule has 0 unspecified atom stereocenters. The number of nitrogens with zero attached hydrogens (tertiary/aromatic N) is 3. The fourth-order valence-corrected chi connectivity index (χ4v) is 3.59. The molecule has 1 atom stereocenters. The van der Waals surface area contributed by atoms with Gasteiger partial charge in [0, 0.05) is 31.1 Å². The molecular weight excluding hydrogens is 341 g/mol. The van der Waals surface area contributed by atoms with Gasteiger partial charge in [0.25, 0.3) is 5.91 Å². The monoisotopic (exact) mass is 361 g/mol. The van der Waals surface area contributed by atoms with Crippen LogP contribution in [0.4, 0.5) is 4.39 Å². The van der Waals surface area contributed by atoms with Crippen LogP contribution in [0.1, 0.15) is 46.2 Å². The Morgan fingerprint density at radius 3 is 2.81 bits per heavy atom. The standard InChI is InChI=1S/C22H20FN3O/c23-19-9-2-1-6-16(19)14-18-8-3-10-20(25-18)21-11-5-13-26(21)22(27)17-7-4-12-24-15-17/h1-4,6-10,12,15,21H,5,11,13-14H2/t21-/m1/s1. The minimum Gasteiger partial charge on any atom is -0.330 e. The number of rotatable bonds is 4. The van der Waals surface area contributed by atoms with Crippen molar-refractivity contribution in [3.63, 3.8) is 0 Å². The predicted octanol–water partition coefficient (Wildman–Crippen LogP) is 4.18. The lowest BCUT2D eigenvalue weighted by atomic mass is 10.1. The van der Waals surface area contributed by atoms with Crippen LogP contribution < -0.4 is 0 Å². The highest BCUT2D eigenvalue weighted by Crippen LogP contribution is 2.32. The molecule has 0 bridgehead atoms. The SMILES string of the molecule is O=C(c1cccnc1)N1CCC[C@@H]1c1cccc(Cc2ccccc2F)n1. The zero-order chi connectivity index (χ0) is 18.6. The first-order valence-corrected chi connectivity index (χ1v) is 9.12. The molecule has 1 aromatic carbocycles. The molecule has 27 heavy (non-hydrogen) atoms. The Labute approximate surface area is 157 Å². The minimum absolute atomic E-state index is 0.0214. The molecule has 136 valence electrons. The number of benzene rings is 1. The fourth-order valence-electron chi connectivity index (χ4n) is 3.59. The van der Waals surface area contributed by atoms with E-state index in [1.54, 1.807) is 36.7 Å². The average Bonchev–Trinajstić information content (AvgIpc) is 3.20. The second kappa shape index (κ2) is 7.66. The Morgan fingerprint density at radius 2 is 2.00 bits per heavy atom. The van der Waals surface area contributed by atoms with Crippen molar-refractivity contribution in [2.75, 3.05) is 6.54 Å². The number of pyridine rings is 2. The van der Waals surface area contributed by atoms with E-state index in [1.807, 2.05) is 29.2 Å². The Bertz CT molecular complexity index is 945. The van der Waals surface area contributed by atoms with Crippen LogP contribution in [0.3, 0.4) is 0 Å². The Morgan fingerprint density at radius 1 is 1.11 bits per heavy atom. The fraction of sp³-hybridized carbons (Fsp3) is 0.227. The van der Waals surface area contributed by atoms with Gasteiger partial charge in [-0.2, -0.15) is 0 Å². The van der Waals surface area contributed by atoms with E-state index < -0.39 is 0 Å². The first-order chi connectivity index (χ1) is 13.2. The Hall–Kier alpha value is -3.08. The second-order valence-corrected chi connectivity index (χ2v) is 6.72. The summed E-state index contributed by atoms with van der Waals surface area (Å²) in [6, 6.07) is 16.0. The van der Waals surface area contributed by atoms with Crippen molar-refractivity contribution >= 4 is 5.91 Å². The smallest absolute Gasteiger partial charge is 0.255 e. The number of carbonyl (C=O) groups excluding carboxylic acids is 1. The van der Waals surface area contributed by atoms with Crippen LogP contribution in [0, 0.1) is 5.82 Å². The molecule has 1 saturated heterocycles. The lowest BCUT2D eigenvalue weighted by molar-refractivity contribution is 0.0732. The molecule has 2 aromatic heterocycles. The van der Waals surface area contributed by atoms with Crippen LogP contribution in [0.15, 0.2) is 67.0 Å². The van der Waals surface area contributed by atoms with Crippen LogP contribution in [0.25, 0.3) is 0 Å². The highest BCUT2D eigenvalue weighted by atomic mass is 19.1. The van der Waals surface area contributed by atoms with Gasteiger partial charge in [0.05, 0.1) is 17.3 Å². The summed E-state index contributed by atoms with van der Waals surface area (Å²) in [5.74, 6) is -0.245. The maximum atomic E-state index is 13.9. The first-order valence-electron chi connectivity index (χ1n) is 9.12. The third-order valence-corrected chi connectivity index (χ3v) is 4.92. The van der Waals surface area contributed by atoms with E-state index in [2.05, 4.69) is 4.98 Å². The summed E-state index contributed by atoms with van der Waals surface area (Å²) in [6.45, 7) is 0.706. The quantitative estimate of drug-likeness (QED) is 0.700. The molecule has 5 heteroatoms. The molecule has 3 aromatic rings. The summed E-state index contributed by atoms with van der Waals surface area (Å²) in [5, 5.41) is 0. The molecular formula is C22H20FN3O. The van der Waals surface area contributed by atoms with Gasteiger partial charge in [0.1, 0.15) is 5.82 Å². The molecule has 4 rings (SSSR count). The van der Waals surface area contributed by atoms with Gasteiger partial charge in [-0.25, -0.2) is 4.39 Å². The summed E-state index contributed by atoms with van der Waals surface area (Å²) >= 11 is 0. The highest BCUT2D eigenvalue weighted by molar-refractivity contribution is 5.94. The van der Waals surface area contributed by atoms with Crippen LogP contribution in [-0.2, 0) is 6.42 Å². The van der Waals surface area contributed by atoms with Gasteiger partial charge in [-0.05, 0) is 48.7 Å². The number of amides is 1. The Balaban J connectivity index is 1.57. The molecule has 0 aliphatic carbocycles. The molecule has 0 radical (unpaired) electrons. The van der Waals surface area contributed by atoms with Crippen molar-refractivity contribution in [2.45, 2.75) is 25.3 Å². The zero-order valence-electron chi connectivity index (χ0n) is 14.9. The largest absolute Gasteiger partial charge is 0.330 e. The van der Waals surface area contributed by atoms with E-state index in [9.17, 15) is 9.18 Å². The van der Waals surface area contributed by atoms with Crippen molar-refractivity contribution in [2.24, 2.45) is 0 Å². The summed E-state index contributed by atoms with van der Waals surface area (Å²) in [5.41, 5.74) is 2.88. The van der Waals surface area contributed by atoms with E-state index in [4.69, 9.17) is 4.98 Å². The summed E-state index contributed by atoms with van der Waals surface area (Å²) in [6.07, 6.45) is 5.51. The van der Waals surface area contributed by atoms with Crippen LogP contribution in [-0.4, -0.2) is 27.3 Å². The van der Waals surface area contributed by atoms with Crippen molar-refractivity contribution in [1.29, 1.82) is 0 Å². The van der Waals surface area contributed by atoms with Crippen molar-refractivity contribution < 1.29 is 9.18 Å². The highest BCUT2D eigenvalue weighted by Gasteiger charge is 2.31. The molecule has 1 amide bonds. The molecule has 0 N–H and O–H groups in total. The lowest BCUT2D eigenvalue weighted by Crippen LogP contribution is -2.31. The maximum Gasteiger partial charge on any atom is 0.255 e. The molecule has 0 saturated carbocycles. The summed E-state index contributed by atoms with van der Waals surface area (Å²) in [4.78, 5) is 23.5. The number of hydrogen-bond acceptors (Lipinski definition) is 3. The van der Waals surface area contributed by atoms with Crippen LogP contribution in [0.5, 0.6) is 0 Å². The lowest BCUT2D eigenvalue weighted by Gasteiger charge is -2.24. The van der Waals surface area contributed by atoms with E-state index in [-0.39, 0.29) is 17.8 Å². The molecule has 1 aliphatic heterocycles. The van der Waals surface area contributed by atoms with Gasteiger partial charge in [0.15, 0.2) is 0 Å². The van der Waals surface area contributed by atoms with Gasteiger partial charge >= 0.3 is 0 Å². The predicted molar refractivity (Wildman–Crippen MR) is 101 cm³/mol. The van der Waals surface area contributed by atoms with Gasteiger partial charge in [-0.3, -0.25) is 14.8 Å². The third-order valence-electron chi connectivity index (χ3n) is 4.92. The number of hydrogen-bond donors (Lipinski definition) is 0. The second-order valence-electron chi connectivity index (χ2n) is 6.72. The molecule has 4 nitrogen and oxygen atoms in total. The maximum absolute atomic E-state index is 13.9. The zero-order valence-corrected chi connectivity index (χ0v) is 14.9. The van der Waals surface area contributed by atoms with E-state index in [0.717, 1.165) is 24.2 Å². The van der Waals surface area contributed by atoms with E-state index in [1.165, 1.54) is 6.07 Å². The number of carbonyl (C=O) groups is 1. The average molecular weight is 361 g/mol. The summed E-state index contributed by atoms with van der Waals surface area (Å²) < 4.78 is 13.9. The first kappa shape index (κ1) is 17.3. The Kier molecular flexibility index (Phi) is 4.92. The van der Waals surface area contributed by atoms with E-state index in [0.29, 0.717) is 24.1 Å². The van der Waals surface area contributed by atoms with E-state index >= 15 is 0 Å². The van der Waals surface area contributed by atoms with Crippen molar-refractivity contribution in [3.05, 3.63) is 95.3 Å². The minimum atomic E-state index is -0.223. The molecule has 1 aliphatic rings. The normalized spacial score (nSPS) is 16.5. The van der Waals surface area contributed by atoms with Crippen LogP contribution in [0.2, 0.25) is 0 Å². The van der Waals surface area contributed by atoms with Gasteiger partial charge < -0.3 is 4.90 Å². The van der Waals surface area contributed by atoms with Crippen molar-refractivity contribution in [3.8, 4) is 0 Å². The van der Waals surface area contributed by atoms with Crippen molar-refractivity contribution in [1.82, 2.24) is 14.9 Å². The molecule has 0 spiro atoms.